The molecule has 0 atom stereocenters. The Morgan fingerprint density at radius 1 is 1.29 bits per heavy atom. The second-order valence-electron chi connectivity index (χ2n) is 5.35. The predicted octanol–water partition coefficient (Wildman–Crippen LogP) is 2.19. The molecule has 6 nitrogen and oxygen atoms in total. The molecule has 0 aliphatic rings. The third-order valence-electron chi connectivity index (χ3n) is 3.83. The number of fused-ring (bicyclic) bond motifs is 1. The van der Waals surface area contributed by atoms with Crippen LogP contribution in [0.25, 0.3) is 10.9 Å². The number of pyridine rings is 1. The number of hydrogen-bond acceptors (Lipinski definition) is 4. The summed E-state index contributed by atoms with van der Waals surface area (Å²) in [6.45, 7) is 6.27. The van der Waals surface area contributed by atoms with E-state index >= 15 is 0 Å². The van der Waals surface area contributed by atoms with Crippen LogP contribution in [0.3, 0.4) is 0 Å². The van der Waals surface area contributed by atoms with Gasteiger partial charge in [-0.3, -0.25) is 9.59 Å². The van der Waals surface area contributed by atoms with Crippen molar-refractivity contribution >= 4 is 16.8 Å². The minimum absolute atomic E-state index is 0.147. The second-order valence-corrected chi connectivity index (χ2v) is 5.35. The Bertz CT molecular complexity index is 767. The predicted molar refractivity (Wildman–Crippen MR) is 93.9 cm³/mol. The van der Waals surface area contributed by atoms with E-state index in [9.17, 15) is 9.59 Å². The molecule has 0 bridgehead atoms. The average molecular weight is 332 g/mol. The molecule has 1 amide bonds. The summed E-state index contributed by atoms with van der Waals surface area (Å²) in [5.41, 5.74) is 0.654. The van der Waals surface area contributed by atoms with Crippen molar-refractivity contribution in [2.75, 3.05) is 26.9 Å². The molecule has 2 aromatic rings. The first-order valence-corrected chi connectivity index (χ1v) is 8.19. The SMILES string of the molecule is CCOCCCNC(=O)c1cn(CC)c2ccc(OC)cc2c1=O. The summed E-state index contributed by atoms with van der Waals surface area (Å²) in [5.74, 6) is 0.236. The zero-order chi connectivity index (χ0) is 17.5. The second kappa shape index (κ2) is 8.49. The van der Waals surface area contributed by atoms with E-state index in [1.807, 2.05) is 24.5 Å². The molecule has 0 saturated carbocycles. The zero-order valence-electron chi connectivity index (χ0n) is 14.4. The summed E-state index contributed by atoms with van der Waals surface area (Å²) in [4.78, 5) is 25.1. The molecule has 24 heavy (non-hydrogen) atoms. The average Bonchev–Trinajstić information content (AvgIpc) is 2.61. The quantitative estimate of drug-likeness (QED) is 0.752. The highest BCUT2D eigenvalue weighted by Gasteiger charge is 2.15. The van der Waals surface area contributed by atoms with E-state index in [2.05, 4.69) is 5.32 Å². The van der Waals surface area contributed by atoms with E-state index in [4.69, 9.17) is 9.47 Å². The van der Waals surface area contributed by atoms with Gasteiger partial charge in [0.1, 0.15) is 11.3 Å². The van der Waals surface area contributed by atoms with Gasteiger partial charge in [0.2, 0.25) is 5.43 Å². The molecule has 0 saturated heterocycles. The molecule has 6 heteroatoms. The largest absolute Gasteiger partial charge is 0.497 e. The number of nitrogens with zero attached hydrogens (tertiary/aromatic N) is 1. The van der Waals surface area contributed by atoms with Crippen molar-refractivity contribution in [1.29, 1.82) is 0 Å². The van der Waals surface area contributed by atoms with Crippen LogP contribution in [0.2, 0.25) is 0 Å². The number of carbonyl (C=O) groups excluding carboxylic acids is 1. The third-order valence-corrected chi connectivity index (χ3v) is 3.83. The highest BCUT2D eigenvalue weighted by molar-refractivity contribution is 5.97. The number of amides is 1. The molecule has 0 aliphatic heterocycles. The molecule has 1 heterocycles. The van der Waals surface area contributed by atoms with E-state index in [1.54, 1.807) is 25.4 Å². The number of nitrogens with one attached hydrogen (secondary N) is 1. The number of aryl methyl sites for hydroxylation is 1. The van der Waals surface area contributed by atoms with Gasteiger partial charge in [-0.2, -0.15) is 0 Å². The first-order valence-electron chi connectivity index (χ1n) is 8.19. The van der Waals surface area contributed by atoms with E-state index in [0.717, 1.165) is 5.52 Å². The Morgan fingerprint density at radius 2 is 2.08 bits per heavy atom. The van der Waals surface area contributed by atoms with Crippen molar-refractivity contribution in [3.8, 4) is 5.75 Å². The minimum atomic E-state index is -0.358. The highest BCUT2D eigenvalue weighted by atomic mass is 16.5. The Labute approximate surface area is 141 Å². The summed E-state index contributed by atoms with van der Waals surface area (Å²) >= 11 is 0. The summed E-state index contributed by atoms with van der Waals surface area (Å²) in [6, 6.07) is 5.32. The number of aromatic nitrogens is 1. The molecule has 1 N–H and O–H groups in total. The Balaban J connectivity index is 2.31. The third kappa shape index (κ3) is 3.94. The van der Waals surface area contributed by atoms with E-state index in [0.29, 0.717) is 43.9 Å². The van der Waals surface area contributed by atoms with Crippen LogP contribution in [0.15, 0.2) is 29.2 Å². The minimum Gasteiger partial charge on any atom is -0.497 e. The molecule has 0 unspecified atom stereocenters. The van der Waals surface area contributed by atoms with Gasteiger partial charge >= 0.3 is 0 Å². The fraction of sp³-hybridized carbons (Fsp3) is 0.444. The van der Waals surface area contributed by atoms with Crippen LogP contribution in [0.1, 0.15) is 30.6 Å². The van der Waals surface area contributed by atoms with Crippen molar-refractivity contribution in [3.63, 3.8) is 0 Å². The number of carbonyl (C=O) groups is 1. The van der Waals surface area contributed by atoms with Crippen molar-refractivity contribution in [3.05, 3.63) is 40.2 Å². The number of ether oxygens (including phenoxy) is 2. The smallest absolute Gasteiger partial charge is 0.256 e. The molecule has 0 radical (unpaired) electrons. The molecule has 0 aliphatic carbocycles. The first-order chi connectivity index (χ1) is 11.6. The van der Waals surface area contributed by atoms with Crippen LogP contribution in [0.4, 0.5) is 0 Å². The van der Waals surface area contributed by atoms with Gasteiger partial charge in [0.15, 0.2) is 0 Å². The van der Waals surface area contributed by atoms with Gasteiger partial charge in [0.05, 0.1) is 18.0 Å². The van der Waals surface area contributed by atoms with Crippen LogP contribution in [0.5, 0.6) is 5.75 Å². The highest BCUT2D eigenvalue weighted by Crippen LogP contribution is 2.19. The molecular weight excluding hydrogens is 308 g/mol. The number of hydrogen-bond donors (Lipinski definition) is 1. The van der Waals surface area contributed by atoms with Gasteiger partial charge in [-0.05, 0) is 38.5 Å². The first kappa shape index (κ1) is 18.0. The van der Waals surface area contributed by atoms with Crippen LogP contribution in [-0.4, -0.2) is 37.3 Å². The molecule has 130 valence electrons. The fourth-order valence-electron chi connectivity index (χ4n) is 2.54. The Kier molecular flexibility index (Phi) is 6.37. The van der Waals surface area contributed by atoms with E-state index in [1.165, 1.54) is 0 Å². The lowest BCUT2D eigenvalue weighted by atomic mass is 10.1. The van der Waals surface area contributed by atoms with Gasteiger partial charge in [0.25, 0.3) is 5.91 Å². The topological polar surface area (TPSA) is 69.6 Å². The van der Waals surface area contributed by atoms with Crippen molar-refractivity contribution in [2.45, 2.75) is 26.8 Å². The van der Waals surface area contributed by atoms with Crippen LogP contribution < -0.4 is 15.5 Å². The summed E-state index contributed by atoms with van der Waals surface area (Å²) < 4.78 is 12.3. The lowest BCUT2D eigenvalue weighted by Gasteiger charge is -2.12. The standard InChI is InChI=1S/C18H24N2O4/c1-4-20-12-15(18(22)19-9-6-10-24-5-2)17(21)14-11-13(23-3)7-8-16(14)20/h7-8,11-12H,4-6,9-10H2,1-3H3,(H,19,22). The molecule has 1 aromatic heterocycles. The molecule has 2 rings (SSSR count). The number of rotatable bonds is 8. The summed E-state index contributed by atoms with van der Waals surface area (Å²) in [7, 11) is 1.55. The van der Waals surface area contributed by atoms with Gasteiger partial charge < -0.3 is 19.4 Å². The summed E-state index contributed by atoms with van der Waals surface area (Å²) in [6.07, 6.45) is 2.33. The van der Waals surface area contributed by atoms with Gasteiger partial charge in [-0.25, -0.2) is 0 Å². The maximum Gasteiger partial charge on any atom is 0.256 e. The summed E-state index contributed by atoms with van der Waals surface area (Å²) in [5, 5.41) is 3.26. The number of benzene rings is 1. The van der Waals surface area contributed by atoms with E-state index < -0.39 is 0 Å². The van der Waals surface area contributed by atoms with E-state index in [-0.39, 0.29) is 16.9 Å². The van der Waals surface area contributed by atoms with Gasteiger partial charge in [-0.1, -0.05) is 0 Å². The van der Waals surface area contributed by atoms with Gasteiger partial charge in [0, 0.05) is 32.5 Å². The number of methoxy groups -OCH3 is 1. The molecule has 1 aromatic carbocycles. The normalized spacial score (nSPS) is 10.8. The van der Waals surface area contributed by atoms with Crippen molar-refractivity contribution in [2.24, 2.45) is 0 Å². The van der Waals surface area contributed by atoms with Crippen LogP contribution >= 0.6 is 0 Å². The monoisotopic (exact) mass is 332 g/mol. The maximum absolute atomic E-state index is 12.7. The maximum atomic E-state index is 12.7. The van der Waals surface area contributed by atoms with Crippen molar-refractivity contribution < 1.29 is 14.3 Å². The fourth-order valence-corrected chi connectivity index (χ4v) is 2.54. The molecule has 0 fully saturated rings. The molecular formula is C18H24N2O4. The lowest BCUT2D eigenvalue weighted by molar-refractivity contribution is 0.0942. The van der Waals surface area contributed by atoms with Crippen molar-refractivity contribution in [1.82, 2.24) is 9.88 Å². The zero-order valence-corrected chi connectivity index (χ0v) is 14.4. The van der Waals surface area contributed by atoms with Crippen LogP contribution in [-0.2, 0) is 11.3 Å². The van der Waals surface area contributed by atoms with Gasteiger partial charge in [-0.15, -0.1) is 0 Å². The molecule has 0 spiro atoms. The van der Waals surface area contributed by atoms with Crippen LogP contribution in [0, 0.1) is 0 Å². The Morgan fingerprint density at radius 3 is 2.75 bits per heavy atom. The Hall–Kier alpha value is -2.34. The lowest BCUT2D eigenvalue weighted by Crippen LogP contribution is -2.31.